The minimum atomic E-state index is -0.343. The number of hydrogen-bond donors (Lipinski definition) is 0. The van der Waals surface area contributed by atoms with Gasteiger partial charge in [0.25, 0.3) is 0 Å². The third kappa shape index (κ3) is 8.74. The Morgan fingerprint density at radius 2 is 1.12 bits per heavy atom. The number of halogens is 2. The maximum atomic E-state index is 10.8. The summed E-state index contributed by atoms with van der Waals surface area (Å²) in [6, 6.07) is 0. The molecule has 0 amide bonds. The summed E-state index contributed by atoms with van der Waals surface area (Å²) in [5.74, 6) is 0. The number of carbonyl (C=O) groups excluding carboxylic acids is 2. The molecule has 16 heavy (non-hydrogen) atoms. The van der Waals surface area contributed by atoms with Crippen molar-refractivity contribution >= 4 is 55.3 Å². The Balaban J connectivity index is 4.21. The van der Waals surface area contributed by atoms with Gasteiger partial charge in [-0.25, -0.2) is 0 Å². The molecule has 0 heterocycles. The first-order valence-corrected chi connectivity index (χ1v) is 7.68. The quantitative estimate of drug-likeness (QED) is 0.520. The van der Waals surface area contributed by atoms with Crippen molar-refractivity contribution in [1.82, 2.24) is 0 Å². The normalized spacial score (nSPS) is 12.6. The van der Waals surface area contributed by atoms with E-state index in [0.717, 1.165) is 0 Å². The molecule has 0 bridgehead atoms. The smallest absolute Gasteiger partial charge is 0.223 e. The Kier molecular flexibility index (Phi) is 6.78. The fraction of sp³-hybridized carbons (Fsp3) is 0.800. The number of rotatable bonds is 7. The summed E-state index contributed by atoms with van der Waals surface area (Å²) in [5, 5.41) is -0.686. The second-order valence-electron chi connectivity index (χ2n) is 4.75. The molecule has 6 heteroatoms. The fourth-order valence-corrected chi connectivity index (χ4v) is 4.32. The molecule has 0 atom stereocenters. The highest BCUT2D eigenvalue weighted by Crippen LogP contribution is 2.46. The molecule has 0 radical (unpaired) electrons. The van der Waals surface area contributed by atoms with Gasteiger partial charge in [0.15, 0.2) is 0 Å². The predicted molar refractivity (Wildman–Crippen MR) is 74.3 cm³/mol. The second-order valence-corrected chi connectivity index (χ2v) is 9.14. The van der Waals surface area contributed by atoms with Crippen LogP contribution in [0.25, 0.3) is 0 Å². The summed E-state index contributed by atoms with van der Waals surface area (Å²) in [6.45, 7) is 7.79. The summed E-state index contributed by atoms with van der Waals surface area (Å²) in [5.41, 5.74) is 0. The van der Waals surface area contributed by atoms with E-state index in [1.165, 1.54) is 0 Å². The lowest BCUT2D eigenvalue weighted by atomic mass is 10.1. The molecular weight excluding hydrogens is 287 g/mol. The SMILES string of the molecule is CC(C)(CC(=O)Cl)SSC(C)(C)CC(=O)Cl. The molecule has 0 rings (SSSR count). The van der Waals surface area contributed by atoms with Crippen LogP contribution in [0.3, 0.4) is 0 Å². The molecule has 0 aliphatic heterocycles. The molecule has 0 aliphatic rings. The molecule has 0 saturated carbocycles. The topological polar surface area (TPSA) is 34.1 Å². The van der Waals surface area contributed by atoms with Crippen molar-refractivity contribution < 1.29 is 9.59 Å². The summed E-state index contributed by atoms with van der Waals surface area (Å²) in [7, 11) is 3.11. The van der Waals surface area contributed by atoms with E-state index in [9.17, 15) is 9.59 Å². The standard InChI is InChI=1S/C10H16Cl2O2S2/c1-9(2,5-7(11)13)15-16-10(3,4)6-8(12)14/h5-6H2,1-4H3. The van der Waals surface area contributed by atoms with Crippen LogP contribution in [-0.4, -0.2) is 20.0 Å². The molecule has 0 fully saturated rings. The van der Waals surface area contributed by atoms with Crippen molar-refractivity contribution in [2.24, 2.45) is 0 Å². The molecule has 0 aromatic rings. The van der Waals surface area contributed by atoms with E-state index in [1.54, 1.807) is 21.6 Å². The van der Waals surface area contributed by atoms with Gasteiger partial charge in [0.05, 0.1) is 0 Å². The Hall–Kier alpha value is 0.620. The van der Waals surface area contributed by atoms with Crippen LogP contribution in [0, 0.1) is 0 Å². The first kappa shape index (κ1) is 16.6. The second kappa shape index (κ2) is 6.53. The third-order valence-electron chi connectivity index (χ3n) is 1.62. The van der Waals surface area contributed by atoms with E-state index >= 15 is 0 Å². The molecule has 0 saturated heterocycles. The van der Waals surface area contributed by atoms with Crippen molar-refractivity contribution in [3.8, 4) is 0 Å². The van der Waals surface area contributed by atoms with Gasteiger partial charge < -0.3 is 0 Å². The molecule has 0 aromatic carbocycles. The van der Waals surface area contributed by atoms with E-state index in [0.29, 0.717) is 12.8 Å². The molecular formula is C10H16Cl2O2S2. The van der Waals surface area contributed by atoms with Crippen LogP contribution in [0.2, 0.25) is 0 Å². The Morgan fingerprint density at radius 3 is 1.31 bits per heavy atom. The zero-order valence-corrected chi connectivity index (χ0v) is 12.9. The van der Waals surface area contributed by atoms with Gasteiger partial charge in [-0.1, -0.05) is 21.6 Å². The van der Waals surface area contributed by atoms with E-state index in [2.05, 4.69) is 0 Å². The lowest BCUT2D eigenvalue weighted by molar-refractivity contribution is -0.112. The maximum absolute atomic E-state index is 10.8. The van der Waals surface area contributed by atoms with Crippen molar-refractivity contribution in [3.63, 3.8) is 0 Å². The van der Waals surface area contributed by atoms with Crippen LogP contribution in [-0.2, 0) is 9.59 Å². The summed E-state index contributed by atoms with van der Waals surface area (Å²) < 4.78 is -0.480. The van der Waals surface area contributed by atoms with Crippen molar-refractivity contribution in [3.05, 3.63) is 0 Å². The average Bonchev–Trinajstić information content (AvgIpc) is 1.96. The minimum absolute atomic E-state index is 0.240. The van der Waals surface area contributed by atoms with Gasteiger partial charge in [-0.3, -0.25) is 9.59 Å². The minimum Gasteiger partial charge on any atom is -0.281 e. The highest BCUT2D eigenvalue weighted by Gasteiger charge is 2.28. The lowest BCUT2D eigenvalue weighted by Crippen LogP contribution is -2.21. The Morgan fingerprint density at radius 1 is 0.875 bits per heavy atom. The lowest BCUT2D eigenvalue weighted by Gasteiger charge is -2.28. The van der Waals surface area contributed by atoms with Crippen LogP contribution in [0.4, 0.5) is 0 Å². The first-order valence-electron chi connectivity index (χ1n) is 4.78. The van der Waals surface area contributed by atoms with Crippen LogP contribution in [0.1, 0.15) is 40.5 Å². The van der Waals surface area contributed by atoms with Gasteiger partial charge >= 0.3 is 0 Å². The largest absolute Gasteiger partial charge is 0.281 e. The summed E-state index contributed by atoms with van der Waals surface area (Å²) >= 11 is 10.7. The maximum Gasteiger partial charge on any atom is 0.223 e. The zero-order valence-electron chi connectivity index (χ0n) is 9.80. The molecule has 0 aromatic heterocycles. The first-order chi connectivity index (χ1) is 7.04. The monoisotopic (exact) mass is 302 g/mol. The zero-order chi connectivity index (χ0) is 13.0. The molecule has 0 spiro atoms. The van der Waals surface area contributed by atoms with Gasteiger partial charge in [0.1, 0.15) is 0 Å². The van der Waals surface area contributed by atoms with Gasteiger partial charge in [0.2, 0.25) is 10.5 Å². The van der Waals surface area contributed by atoms with Gasteiger partial charge in [-0.2, -0.15) is 0 Å². The highest BCUT2D eigenvalue weighted by atomic mass is 35.5. The highest BCUT2D eigenvalue weighted by molar-refractivity contribution is 8.77. The van der Waals surface area contributed by atoms with Crippen molar-refractivity contribution in [2.75, 3.05) is 0 Å². The van der Waals surface area contributed by atoms with Crippen LogP contribution in [0.15, 0.2) is 0 Å². The molecule has 2 nitrogen and oxygen atoms in total. The third-order valence-corrected chi connectivity index (χ3v) is 6.12. The Bertz CT molecular complexity index is 250. The van der Waals surface area contributed by atoms with E-state index < -0.39 is 0 Å². The van der Waals surface area contributed by atoms with Crippen LogP contribution >= 0.6 is 44.8 Å². The van der Waals surface area contributed by atoms with Gasteiger partial charge in [0, 0.05) is 22.3 Å². The van der Waals surface area contributed by atoms with Crippen molar-refractivity contribution in [1.29, 1.82) is 0 Å². The molecule has 0 unspecified atom stereocenters. The van der Waals surface area contributed by atoms with Gasteiger partial charge in [-0.15, -0.1) is 0 Å². The van der Waals surface area contributed by atoms with Crippen LogP contribution in [0.5, 0.6) is 0 Å². The Labute approximate surface area is 115 Å². The number of hydrogen-bond acceptors (Lipinski definition) is 4. The van der Waals surface area contributed by atoms with Gasteiger partial charge in [-0.05, 0) is 50.9 Å². The molecule has 0 aliphatic carbocycles. The van der Waals surface area contributed by atoms with E-state index in [-0.39, 0.29) is 20.0 Å². The number of carbonyl (C=O) groups is 2. The fourth-order valence-electron chi connectivity index (χ4n) is 0.954. The van der Waals surface area contributed by atoms with E-state index in [4.69, 9.17) is 23.2 Å². The summed E-state index contributed by atoms with van der Waals surface area (Å²) in [4.78, 5) is 21.7. The average molecular weight is 303 g/mol. The predicted octanol–water partition coefficient (Wildman–Crippen LogP) is 4.24. The molecule has 94 valence electrons. The van der Waals surface area contributed by atoms with E-state index in [1.807, 2.05) is 27.7 Å². The van der Waals surface area contributed by atoms with Crippen molar-refractivity contribution in [2.45, 2.75) is 50.0 Å². The molecule has 0 N–H and O–H groups in total. The van der Waals surface area contributed by atoms with Crippen LogP contribution < -0.4 is 0 Å². The summed E-state index contributed by atoms with van der Waals surface area (Å²) in [6.07, 6.45) is 0.605.